The molecule has 1 unspecified atom stereocenters. The normalized spacial score (nSPS) is 28.8. The minimum Gasteiger partial charge on any atom is -0.311 e. The second kappa shape index (κ2) is 3.91. The average molecular weight is 143 g/mol. The van der Waals surface area contributed by atoms with Gasteiger partial charge in [0.1, 0.15) is 0 Å². The van der Waals surface area contributed by atoms with Crippen LogP contribution >= 0.6 is 0 Å². The van der Waals surface area contributed by atoms with Gasteiger partial charge in [-0.15, -0.1) is 0 Å². The fraction of sp³-hybridized carbons (Fsp3) is 1.00. The molecule has 0 aromatic carbocycles. The van der Waals surface area contributed by atoms with E-state index in [4.69, 9.17) is 0 Å². The number of nitrogens with zero attached hydrogens (tertiary/aromatic N) is 1. The van der Waals surface area contributed by atoms with Crippen LogP contribution in [0.2, 0.25) is 0 Å². The first kappa shape index (κ1) is 7.98. The molecule has 0 aliphatic carbocycles. The molecule has 1 aliphatic heterocycles. The Hall–Kier alpha value is -0.120. The van der Waals surface area contributed by atoms with Crippen molar-refractivity contribution in [2.75, 3.05) is 33.3 Å². The molecule has 1 radical (unpaired) electrons. The van der Waals surface area contributed by atoms with E-state index in [2.05, 4.69) is 17.3 Å². The molecule has 59 valence electrons. The Bertz CT molecular complexity index is 95.6. The van der Waals surface area contributed by atoms with Gasteiger partial charge in [-0.1, -0.05) is 0 Å². The molecular weight excluding hydrogens is 128 g/mol. The summed E-state index contributed by atoms with van der Waals surface area (Å²) in [6, 6.07) is 0.441. The molecule has 1 fully saturated rings. The third kappa shape index (κ3) is 2.25. The van der Waals surface area contributed by atoms with E-state index in [1.807, 2.05) is 0 Å². The second-order valence-electron chi connectivity index (χ2n) is 2.91. The van der Waals surface area contributed by atoms with Crippen molar-refractivity contribution >= 4 is 0 Å². The van der Waals surface area contributed by atoms with Gasteiger partial charge in [-0.25, -0.2) is 5.11 Å². The predicted molar refractivity (Wildman–Crippen MR) is 39.5 cm³/mol. The zero-order valence-electron chi connectivity index (χ0n) is 6.47. The molecule has 1 atom stereocenters. The minimum absolute atomic E-state index is 0.0471. The van der Waals surface area contributed by atoms with Gasteiger partial charge in [0.2, 0.25) is 0 Å². The Morgan fingerprint density at radius 2 is 2.50 bits per heavy atom. The molecule has 10 heavy (non-hydrogen) atoms. The Balaban J connectivity index is 2.18. The van der Waals surface area contributed by atoms with Crippen molar-refractivity contribution in [1.29, 1.82) is 0 Å². The van der Waals surface area contributed by atoms with Crippen LogP contribution in [-0.4, -0.2) is 44.2 Å². The van der Waals surface area contributed by atoms with Gasteiger partial charge in [-0.3, -0.25) is 0 Å². The highest BCUT2D eigenvalue weighted by molar-refractivity contribution is 4.75. The first-order valence-electron chi connectivity index (χ1n) is 3.83. The lowest BCUT2D eigenvalue weighted by Crippen LogP contribution is -2.49. The molecule has 0 amide bonds. The molecule has 0 saturated carbocycles. The highest BCUT2D eigenvalue weighted by Crippen LogP contribution is 1.98. The van der Waals surface area contributed by atoms with Crippen LogP contribution < -0.4 is 5.32 Å². The Morgan fingerprint density at radius 3 is 3.10 bits per heavy atom. The smallest absolute Gasteiger partial charge is 0.0837 e. The molecule has 1 aliphatic rings. The van der Waals surface area contributed by atoms with Crippen LogP contribution in [0, 0.1) is 0 Å². The van der Waals surface area contributed by atoms with E-state index >= 15 is 0 Å². The fourth-order valence-corrected chi connectivity index (χ4v) is 1.33. The molecule has 1 rings (SSSR count). The zero-order valence-corrected chi connectivity index (χ0v) is 6.47. The van der Waals surface area contributed by atoms with Crippen LogP contribution in [0.5, 0.6) is 0 Å². The van der Waals surface area contributed by atoms with E-state index in [-0.39, 0.29) is 6.61 Å². The van der Waals surface area contributed by atoms with Crippen molar-refractivity contribution in [2.45, 2.75) is 12.5 Å². The van der Waals surface area contributed by atoms with Gasteiger partial charge < -0.3 is 10.2 Å². The van der Waals surface area contributed by atoms with Crippen LogP contribution in [0.4, 0.5) is 0 Å². The van der Waals surface area contributed by atoms with Crippen LogP contribution in [0.3, 0.4) is 0 Å². The lowest BCUT2D eigenvalue weighted by atomic mass is 10.1. The maximum Gasteiger partial charge on any atom is 0.0837 e. The van der Waals surface area contributed by atoms with Crippen LogP contribution in [0.25, 0.3) is 0 Å². The topological polar surface area (TPSA) is 35.2 Å². The number of hydrogen-bond donors (Lipinski definition) is 1. The van der Waals surface area contributed by atoms with Crippen LogP contribution in [-0.2, 0) is 5.11 Å². The maximum atomic E-state index is 10.2. The standard InChI is InChI=1S/C7H15N2O/c1-9-4-3-8-7(6-9)2-5-10/h7-8H,2-6H2,1H3. The molecule has 1 heterocycles. The monoisotopic (exact) mass is 143 g/mol. The summed E-state index contributed by atoms with van der Waals surface area (Å²) in [6.45, 7) is 3.21. The van der Waals surface area contributed by atoms with Gasteiger partial charge in [0.05, 0.1) is 6.61 Å². The van der Waals surface area contributed by atoms with E-state index in [0.29, 0.717) is 6.04 Å². The van der Waals surface area contributed by atoms with E-state index in [0.717, 1.165) is 26.1 Å². The van der Waals surface area contributed by atoms with Crippen molar-refractivity contribution in [3.05, 3.63) is 0 Å². The average Bonchev–Trinajstić information content (AvgIpc) is 1.88. The lowest BCUT2D eigenvalue weighted by Gasteiger charge is -2.30. The van der Waals surface area contributed by atoms with E-state index < -0.39 is 0 Å². The van der Waals surface area contributed by atoms with Gasteiger partial charge in [-0.2, -0.15) is 0 Å². The van der Waals surface area contributed by atoms with Crippen molar-refractivity contribution < 1.29 is 5.11 Å². The van der Waals surface area contributed by atoms with Crippen molar-refractivity contribution in [3.8, 4) is 0 Å². The molecule has 0 bridgehead atoms. The second-order valence-corrected chi connectivity index (χ2v) is 2.91. The van der Waals surface area contributed by atoms with Crippen molar-refractivity contribution in [3.63, 3.8) is 0 Å². The van der Waals surface area contributed by atoms with Crippen LogP contribution in [0.1, 0.15) is 6.42 Å². The highest BCUT2D eigenvalue weighted by atomic mass is 16.3. The predicted octanol–water partition coefficient (Wildman–Crippen LogP) is -0.289. The van der Waals surface area contributed by atoms with Crippen molar-refractivity contribution in [1.82, 2.24) is 10.2 Å². The summed E-state index contributed by atoms with van der Waals surface area (Å²) in [5, 5.41) is 13.6. The molecular formula is C7H15N2O. The highest BCUT2D eigenvalue weighted by Gasteiger charge is 2.14. The Kier molecular flexibility index (Phi) is 3.12. The summed E-state index contributed by atoms with van der Waals surface area (Å²) in [4.78, 5) is 2.26. The van der Waals surface area contributed by atoms with Crippen LogP contribution in [0.15, 0.2) is 0 Å². The number of piperazine rings is 1. The number of rotatable bonds is 2. The van der Waals surface area contributed by atoms with E-state index in [1.165, 1.54) is 0 Å². The van der Waals surface area contributed by atoms with Gasteiger partial charge in [0.25, 0.3) is 0 Å². The lowest BCUT2D eigenvalue weighted by molar-refractivity contribution is 0.152. The molecule has 0 aromatic heterocycles. The van der Waals surface area contributed by atoms with E-state index in [9.17, 15) is 5.11 Å². The first-order chi connectivity index (χ1) is 4.83. The molecule has 3 nitrogen and oxygen atoms in total. The van der Waals surface area contributed by atoms with Gasteiger partial charge in [-0.05, 0) is 13.5 Å². The number of nitrogens with one attached hydrogen (secondary N) is 1. The number of likely N-dealkylation sites (N-methyl/N-ethyl adjacent to an activating group) is 1. The van der Waals surface area contributed by atoms with Gasteiger partial charge in [0.15, 0.2) is 0 Å². The summed E-state index contributed by atoms with van der Waals surface area (Å²) in [6.07, 6.45) is 0.768. The van der Waals surface area contributed by atoms with Crippen molar-refractivity contribution in [2.24, 2.45) is 0 Å². The largest absolute Gasteiger partial charge is 0.311 e. The Morgan fingerprint density at radius 1 is 1.70 bits per heavy atom. The van der Waals surface area contributed by atoms with Gasteiger partial charge in [0, 0.05) is 25.7 Å². The minimum atomic E-state index is 0.0471. The Labute approximate surface area is 62.0 Å². The SMILES string of the molecule is CN1CCNC(CC[O])C1. The molecule has 0 aromatic rings. The summed E-state index contributed by atoms with van der Waals surface area (Å²) in [5.41, 5.74) is 0. The first-order valence-corrected chi connectivity index (χ1v) is 3.83. The summed E-state index contributed by atoms with van der Waals surface area (Å²) >= 11 is 0. The number of hydrogen-bond acceptors (Lipinski definition) is 2. The summed E-state index contributed by atoms with van der Waals surface area (Å²) in [7, 11) is 2.10. The molecule has 1 N–H and O–H groups in total. The molecule has 0 spiro atoms. The summed E-state index contributed by atoms with van der Waals surface area (Å²) < 4.78 is 0. The fourth-order valence-electron chi connectivity index (χ4n) is 1.33. The third-order valence-corrected chi connectivity index (χ3v) is 1.92. The van der Waals surface area contributed by atoms with E-state index in [1.54, 1.807) is 0 Å². The quantitative estimate of drug-likeness (QED) is 0.576. The molecule has 1 saturated heterocycles. The molecule has 3 heteroatoms. The zero-order chi connectivity index (χ0) is 7.40. The maximum absolute atomic E-state index is 10.2. The third-order valence-electron chi connectivity index (χ3n) is 1.92. The summed E-state index contributed by atoms with van der Waals surface area (Å²) in [5.74, 6) is 0. The van der Waals surface area contributed by atoms with Gasteiger partial charge >= 0.3 is 0 Å².